The van der Waals surface area contributed by atoms with Crippen LogP contribution in [0.3, 0.4) is 0 Å². The molecule has 0 spiro atoms. The van der Waals surface area contributed by atoms with E-state index in [1.165, 1.54) is 52.0 Å². The quantitative estimate of drug-likeness (QED) is 0.142. The molecule has 20 heteroatoms. The average molecular weight is 863 g/mol. The van der Waals surface area contributed by atoms with Crippen LogP contribution in [0.15, 0.2) is 109 Å². The second-order valence-corrected chi connectivity index (χ2v) is 13.8. The van der Waals surface area contributed by atoms with Crippen LogP contribution in [0.4, 0.5) is 45.2 Å². The zero-order valence-corrected chi connectivity index (χ0v) is 32.1. The van der Waals surface area contributed by atoms with E-state index < -0.39 is 42.1 Å². The summed E-state index contributed by atoms with van der Waals surface area (Å²) in [4.78, 5) is 27.4. The molecule has 0 fully saturated rings. The minimum absolute atomic E-state index is 0.0474. The molecular weight excluding hydrogens is 832 g/mol. The van der Waals surface area contributed by atoms with Gasteiger partial charge in [-0.2, -0.15) is 49.7 Å². The summed E-state index contributed by atoms with van der Waals surface area (Å²) in [6.07, 6.45) is -12.0. The molecule has 0 radical (unpaired) electrons. The predicted octanol–water partition coefficient (Wildman–Crippen LogP) is 9.42. The molecule has 4 N–H and O–H groups in total. The van der Waals surface area contributed by atoms with E-state index in [1.807, 2.05) is 37.3 Å². The van der Waals surface area contributed by atoms with Gasteiger partial charge in [-0.05, 0) is 79.6 Å². The highest BCUT2D eigenvalue weighted by Crippen LogP contribution is 2.32. The molecule has 0 aliphatic rings. The molecule has 2 aromatic carbocycles. The van der Waals surface area contributed by atoms with Crippen molar-refractivity contribution in [2.24, 2.45) is 5.73 Å². The molecule has 0 aliphatic heterocycles. The Bertz CT molecular complexity index is 2940. The number of hydrogen-bond acceptors (Lipinski definition) is 9. The van der Waals surface area contributed by atoms with Crippen LogP contribution in [0.25, 0.3) is 56.0 Å². The van der Waals surface area contributed by atoms with Crippen molar-refractivity contribution >= 4 is 33.3 Å². The summed E-state index contributed by atoms with van der Waals surface area (Å²) >= 11 is 0. The summed E-state index contributed by atoms with van der Waals surface area (Å²) in [7, 11) is 0. The first-order valence-electron chi connectivity index (χ1n) is 18.4. The Morgan fingerprint density at radius 3 is 1.60 bits per heavy atom. The molecular formula is C42H31F9N10O. The summed E-state index contributed by atoms with van der Waals surface area (Å²) < 4.78 is 118. The third-order valence-corrected chi connectivity index (χ3v) is 9.27. The van der Waals surface area contributed by atoms with Crippen LogP contribution in [0, 0.1) is 6.92 Å². The number of carbonyl (C=O) groups excluding carboxylic acids is 1. The van der Waals surface area contributed by atoms with Crippen LogP contribution in [0.2, 0.25) is 0 Å². The van der Waals surface area contributed by atoms with Crippen LogP contribution < -0.4 is 11.5 Å². The molecule has 8 aromatic rings. The van der Waals surface area contributed by atoms with Gasteiger partial charge < -0.3 is 11.5 Å². The summed E-state index contributed by atoms with van der Waals surface area (Å²) in [5.74, 6) is -1.81. The Balaban J connectivity index is 0.000000190. The Labute approximate surface area is 344 Å². The van der Waals surface area contributed by atoms with Gasteiger partial charge in [0.15, 0.2) is 11.6 Å². The number of anilines is 1. The van der Waals surface area contributed by atoms with Crippen molar-refractivity contribution in [3.05, 3.63) is 138 Å². The first kappa shape index (κ1) is 42.9. The molecule has 6 heterocycles. The molecule has 0 saturated heterocycles. The van der Waals surface area contributed by atoms with Gasteiger partial charge in [-0.1, -0.05) is 36.4 Å². The van der Waals surface area contributed by atoms with Gasteiger partial charge in [0.2, 0.25) is 5.78 Å². The molecule has 0 atom stereocenters. The Kier molecular flexibility index (Phi) is 11.5. The van der Waals surface area contributed by atoms with E-state index in [4.69, 9.17) is 11.5 Å². The van der Waals surface area contributed by atoms with E-state index in [2.05, 4.69) is 30.1 Å². The third kappa shape index (κ3) is 9.54. The van der Waals surface area contributed by atoms with Crippen molar-refractivity contribution in [1.82, 2.24) is 39.5 Å². The number of fused-ring (bicyclic) bond motifs is 2. The fourth-order valence-electron chi connectivity index (χ4n) is 6.38. The molecule has 62 heavy (non-hydrogen) atoms. The van der Waals surface area contributed by atoms with Gasteiger partial charge in [-0.3, -0.25) is 14.8 Å². The number of Topliss-reactive ketones (excluding diaryl/α,β-unsaturated/α-hetero) is 1. The van der Waals surface area contributed by atoms with Crippen LogP contribution in [-0.2, 0) is 30.1 Å². The second-order valence-electron chi connectivity index (χ2n) is 13.8. The first-order valence-corrected chi connectivity index (χ1v) is 18.4. The van der Waals surface area contributed by atoms with Crippen LogP contribution in [0.1, 0.15) is 34.8 Å². The number of hydrogen-bond donors (Lipinski definition) is 2. The zero-order chi connectivity index (χ0) is 44.6. The number of nitrogens with two attached hydrogens (primary N) is 2. The molecule has 318 valence electrons. The van der Waals surface area contributed by atoms with Crippen LogP contribution in [-0.4, -0.2) is 51.5 Å². The van der Waals surface area contributed by atoms with Gasteiger partial charge in [0.05, 0.1) is 40.5 Å². The molecule has 0 amide bonds. The molecule has 0 unspecified atom stereocenters. The lowest BCUT2D eigenvalue weighted by Gasteiger charge is -2.10. The summed E-state index contributed by atoms with van der Waals surface area (Å²) in [5.41, 5.74) is 15.2. The maximum Gasteiger partial charge on any atom is 0.449 e. The van der Waals surface area contributed by atoms with Crippen LogP contribution >= 0.6 is 0 Å². The normalized spacial score (nSPS) is 12.1. The van der Waals surface area contributed by atoms with Gasteiger partial charge in [-0.25, -0.2) is 19.3 Å². The molecule has 0 saturated carbocycles. The van der Waals surface area contributed by atoms with Crippen molar-refractivity contribution in [2.75, 3.05) is 5.73 Å². The monoisotopic (exact) mass is 862 g/mol. The molecule has 0 aliphatic carbocycles. The number of ketones is 1. The number of benzene rings is 2. The smallest absolute Gasteiger partial charge is 0.399 e. The van der Waals surface area contributed by atoms with Gasteiger partial charge in [0, 0.05) is 46.2 Å². The third-order valence-electron chi connectivity index (χ3n) is 9.27. The number of aromatic nitrogens is 8. The van der Waals surface area contributed by atoms with Crippen molar-refractivity contribution in [1.29, 1.82) is 0 Å². The highest BCUT2D eigenvalue weighted by atomic mass is 19.4. The van der Waals surface area contributed by atoms with Crippen molar-refractivity contribution < 1.29 is 44.3 Å². The molecule has 6 aromatic heterocycles. The van der Waals surface area contributed by atoms with Crippen LogP contribution in [0.5, 0.6) is 0 Å². The highest BCUT2D eigenvalue weighted by molar-refractivity contribution is 5.86. The van der Waals surface area contributed by atoms with E-state index >= 15 is 0 Å². The Morgan fingerprint density at radius 2 is 1.11 bits per heavy atom. The fourth-order valence-corrected chi connectivity index (χ4v) is 6.38. The Morgan fingerprint density at radius 1 is 0.613 bits per heavy atom. The average Bonchev–Trinajstić information content (AvgIpc) is 3.86. The lowest BCUT2D eigenvalue weighted by atomic mass is 10.1. The minimum atomic E-state index is -4.93. The number of nitrogens with zero attached hydrogens (tertiary/aromatic N) is 8. The summed E-state index contributed by atoms with van der Waals surface area (Å²) in [5, 5.41) is 9.75. The predicted molar refractivity (Wildman–Crippen MR) is 211 cm³/mol. The van der Waals surface area contributed by atoms with Gasteiger partial charge >= 0.3 is 18.5 Å². The lowest BCUT2D eigenvalue weighted by Crippen LogP contribution is -2.23. The van der Waals surface area contributed by atoms with E-state index in [0.717, 1.165) is 40.0 Å². The molecule has 8 rings (SSSR count). The number of carbonyl (C=O) groups is 1. The SMILES string of the molecule is Cc1cc(CN)nc(-c2ccc3cnn(-c4cccc(C(F)(F)F)n4)c3c2)c1.Nc1cc(CCC(=O)C(F)(F)F)nc(-c2ccc3cnn(-c4cccc(C(F)(F)F)n4)c3c2)c1. The fraction of sp³-hybridized carbons (Fsp3) is 0.167. The van der Waals surface area contributed by atoms with Crippen molar-refractivity contribution in [3.63, 3.8) is 0 Å². The van der Waals surface area contributed by atoms with E-state index in [9.17, 15) is 44.3 Å². The highest BCUT2D eigenvalue weighted by Gasteiger charge is 2.37. The zero-order valence-electron chi connectivity index (χ0n) is 32.1. The maximum atomic E-state index is 13.1. The maximum absolute atomic E-state index is 13.1. The first-order chi connectivity index (χ1) is 29.3. The number of rotatable bonds is 8. The van der Waals surface area contributed by atoms with Crippen molar-refractivity contribution in [3.8, 4) is 34.2 Å². The summed E-state index contributed by atoms with van der Waals surface area (Å²) in [6.45, 7) is 2.28. The number of nitrogen functional groups attached to an aromatic ring is 1. The Hall–Kier alpha value is -7.22. The standard InChI is InChI=1S/C22H15F6N5O.C20H16F3N5/c23-21(24,25)18-2-1-3-20(32-18)33-17-8-12(4-5-13(17)11-30-33)16-10-14(29)9-15(31-16)6-7-19(34)22(26,27)28;1-12-7-15(10-24)26-16(8-12)13-5-6-14-11-25-28(17(14)9-13)19-4-2-3-18(27-19)20(21,22)23/h1-5,8-11H,6-7H2,(H2,29,31);2-9,11H,10,24H2,1H3. The number of alkyl halides is 9. The molecule has 0 bridgehead atoms. The van der Waals surface area contributed by atoms with Gasteiger partial charge in [-0.15, -0.1) is 0 Å². The minimum Gasteiger partial charge on any atom is -0.399 e. The van der Waals surface area contributed by atoms with Gasteiger partial charge in [0.25, 0.3) is 0 Å². The second kappa shape index (κ2) is 16.7. The number of aryl methyl sites for hydroxylation is 2. The van der Waals surface area contributed by atoms with E-state index in [1.54, 1.807) is 24.4 Å². The number of pyridine rings is 4. The van der Waals surface area contributed by atoms with E-state index in [0.29, 0.717) is 34.2 Å². The topological polar surface area (TPSA) is 156 Å². The molecule has 11 nitrogen and oxygen atoms in total. The van der Waals surface area contributed by atoms with Gasteiger partial charge in [0.1, 0.15) is 11.4 Å². The summed E-state index contributed by atoms with van der Waals surface area (Å²) in [6, 6.07) is 24.5. The van der Waals surface area contributed by atoms with Crippen molar-refractivity contribution in [2.45, 2.75) is 44.8 Å². The number of halogens is 9. The largest absolute Gasteiger partial charge is 0.449 e. The lowest BCUT2D eigenvalue weighted by molar-refractivity contribution is -0.171. The van der Waals surface area contributed by atoms with E-state index in [-0.39, 0.29) is 29.4 Å².